The summed E-state index contributed by atoms with van der Waals surface area (Å²) in [6.45, 7) is 2.45. The molecule has 1 aromatic heterocycles. The van der Waals surface area contributed by atoms with Crippen molar-refractivity contribution < 1.29 is 22.8 Å². The van der Waals surface area contributed by atoms with Crippen LogP contribution in [0.5, 0.6) is 0 Å². The van der Waals surface area contributed by atoms with E-state index in [0.29, 0.717) is 30.6 Å². The van der Waals surface area contributed by atoms with Gasteiger partial charge in [-0.05, 0) is 44.0 Å². The zero-order chi connectivity index (χ0) is 19.6. The van der Waals surface area contributed by atoms with E-state index in [4.69, 9.17) is 0 Å². The number of aromatic nitrogens is 1. The third kappa shape index (κ3) is 4.18. The van der Waals surface area contributed by atoms with E-state index in [9.17, 15) is 22.8 Å². The fourth-order valence-electron chi connectivity index (χ4n) is 3.34. The highest BCUT2D eigenvalue weighted by atomic mass is 19.4. The minimum absolute atomic E-state index is 0.0293. The van der Waals surface area contributed by atoms with Gasteiger partial charge in [-0.2, -0.15) is 13.2 Å². The van der Waals surface area contributed by atoms with Gasteiger partial charge in [-0.15, -0.1) is 0 Å². The van der Waals surface area contributed by atoms with Crippen LogP contribution in [0.3, 0.4) is 0 Å². The van der Waals surface area contributed by atoms with E-state index in [1.807, 2.05) is 0 Å². The van der Waals surface area contributed by atoms with E-state index < -0.39 is 17.7 Å². The summed E-state index contributed by atoms with van der Waals surface area (Å²) in [6, 6.07) is 7.82. The summed E-state index contributed by atoms with van der Waals surface area (Å²) in [6.07, 6.45) is -1.73. The van der Waals surface area contributed by atoms with Crippen LogP contribution in [0.2, 0.25) is 0 Å². The van der Waals surface area contributed by atoms with Crippen molar-refractivity contribution in [1.82, 2.24) is 9.88 Å². The van der Waals surface area contributed by atoms with Crippen LogP contribution in [-0.4, -0.2) is 34.7 Å². The molecular weight excluding hydrogens is 357 g/mol. The molecule has 27 heavy (non-hydrogen) atoms. The minimum atomic E-state index is -4.50. The number of benzene rings is 1. The number of Topliss-reactive ketones (excluding diaryl/α,β-unsaturated/α-hetero) is 1. The van der Waals surface area contributed by atoms with Crippen LogP contribution >= 0.6 is 0 Å². The molecule has 1 saturated heterocycles. The first kappa shape index (κ1) is 19.1. The lowest BCUT2D eigenvalue weighted by molar-refractivity contribution is -0.137. The second-order valence-corrected chi connectivity index (χ2v) is 6.67. The molecule has 7 heteroatoms. The van der Waals surface area contributed by atoms with Gasteiger partial charge in [0.05, 0.1) is 11.1 Å². The number of rotatable bonds is 3. The number of pyridine rings is 1. The van der Waals surface area contributed by atoms with Crippen molar-refractivity contribution in [3.05, 3.63) is 65.0 Å². The smallest absolute Gasteiger partial charge is 0.338 e. The summed E-state index contributed by atoms with van der Waals surface area (Å²) in [5.74, 6) is -1.08. The molecule has 2 aromatic rings. The summed E-state index contributed by atoms with van der Waals surface area (Å²) >= 11 is 0. The second-order valence-electron chi connectivity index (χ2n) is 6.67. The Kier molecular flexibility index (Phi) is 5.30. The molecule has 1 aromatic carbocycles. The first-order chi connectivity index (χ1) is 12.8. The monoisotopic (exact) mass is 376 g/mol. The Bertz CT molecular complexity index is 864. The molecule has 142 valence electrons. The van der Waals surface area contributed by atoms with Gasteiger partial charge in [-0.1, -0.05) is 12.1 Å². The largest absolute Gasteiger partial charge is 0.416 e. The summed E-state index contributed by atoms with van der Waals surface area (Å²) in [5.41, 5.74) is 0.267. The van der Waals surface area contributed by atoms with Crippen molar-refractivity contribution in [2.24, 2.45) is 5.92 Å². The number of carbonyl (C=O) groups is 2. The number of hydrogen-bond donors (Lipinski definition) is 0. The molecule has 0 bridgehead atoms. The van der Waals surface area contributed by atoms with Crippen LogP contribution < -0.4 is 0 Å². The van der Waals surface area contributed by atoms with Crippen LogP contribution in [0, 0.1) is 12.8 Å². The van der Waals surface area contributed by atoms with Gasteiger partial charge < -0.3 is 4.90 Å². The topological polar surface area (TPSA) is 50.3 Å². The van der Waals surface area contributed by atoms with Crippen LogP contribution in [0.15, 0.2) is 42.6 Å². The van der Waals surface area contributed by atoms with E-state index in [2.05, 4.69) is 4.98 Å². The second kappa shape index (κ2) is 7.50. The zero-order valence-electron chi connectivity index (χ0n) is 14.8. The minimum Gasteiger partial charge on any atom is -0.338 e. The maximum absolute atomic E-state index is 12.9. The SMILES string of the molecule is Cc1ncccc1C(=O)N1CCC[C@H](C(=O)c2cccc(C(F)(F)F)c2)C1. The molecule has 1 atom stereocenters. The van der Waals surface area contributed by atoms with Gasteiger partial charge in [-0.3, -0.25) is 14.6 Å². The van der Waals surface area contributed by atoms with Crippen molar-refractivity contribution >= 4 is 11.7 Å². The number of nitrogens with zero attached hydrogens (tertiary/aromatic N) is 2. The highest BCUT2D eigenvalue weighted by Gasteiger charge is 2.33. The zero-order valence-corrected chi connectivity index (χ0v) is 14.8. The lowest BCUT2D eigenvalue weighted by Crippen LogP contribution is -2.42. The van der Waals surface area contributed by atoms with Gasteiger partial charge in [0.2, 0.25) is 0 Å². The first-order valence-electron chi connectivity index (χ1n) is 8.69. The lowest BCUT2D eigenvalue weighted by atomic mass is 9.89. The Labute approximate surface area is 155 Å². The van der Waals surface area contributed by atoms with E-state index >= 15 is 0 Å². The summed E-state index contributed by atoms with van der Waals surface area (Å²) in [5, 5.41) is 0. The number of hydrogen-bond acceptors (Lipinski definition) is 3. The van der Waals surface area contributed by atoms with Crippen LogP contribution in [-0.2, 0) is 6.18 Å². The molecule has 2 heterocycles. The fourth-order valence-corrected chi connectivity index (χ4v) is 3.34. The van der Waals surface area contributed by atoms with Crippen molar-refractivity contribution in [3.8, 4) is 0 Å². The maximum Gasteiger partial charge on any atom is 0.416 e. The number of alkyl halides is 3. The highest BCUT2D eigenvalue weighted by Crippen LogP contribution is 2.31. The van der Waals surface area contributed by atoms with Crippen molar-refractivity contribution in [3.63, 3.8) is 0 Å². The third-order valence-corrected chi connectivity index (χ3v) is 4.79. The number of amides is 1. The molecular formula is C20H19F3N2O2. The standard InChI is InChI=1S/C20H19F3N2O2/c1-13-17(8-3-9-24-13)19(27)25-10-4-6-15(12-25)18(26)14-5-2-7-16(11-14)20(21,22)23/h2-3,5,7-9,11,15H,4,6,10,12H2,1H3/t15-/m0/s1. The molecule has 0 radical (unpaired) electrons. The van der Waals surface area contributed by atoms with Crippen molar-refractivity contribution in [1.29, 1.82) is 0 Å². The average Bonchev–Trinajstić information content (AvgIpc) is 2.67. The molecule has 0 spiro atoms. The quantitative estimate of drug-likeness (QED) is 0.757. The number of piperidine rings is 1. The molecule has 0 N–H and O–H groups in total. The summed E-state index contributed by atoms with van der Waals surface area (Å²) in [4.78, 5) is 31.2. The van der Waals surface area contributed by atoms with E-state index in [0.717, 1.165) is 12.1 Å². The van der Waals surface area contributed by atoms with E-state index in [-0.39, 0.29) is 23.8 Å². The van der Waals surface area contributed by atoms with Crippen LogP contribution in [0.25, 0.3) is 0 Å². The molecule has 1 aliphatic rings. The normalized spacial score (nSPS) is 17.6. The van der Waals surface area contributed by atoms with E-state index in [1.165, 1.54) is 12.1 Å². The summed E-state index contributed by atoms with van der Waals surface area (Å²) < 4.78 is 38.7. The molecule has 1 aliphatic heterocycles. The Balaban J connectivity index is 1.77. The molecule has 4 nitrogen and oxygen atoms in total. The molecule has 1 amide bonds. The van der Waals surface area contributed by atoms with Gasteiger partial charge in [0.25, 0.3) is 5.91 Å². The predicted molar refractivity (Wildman–Crippen MR) is 93.4 cm³/mol. The Morgan fingerprint density at radius 3 is 2.67 bits per heavy atom. The molecule has 1 fully saturated rings. The summed E-state index contributed by atoms with van der Waals surface area (Å²) in [7, 11) is 0. The molecule has 0 aliphatic carbocycles. The maximum atomic E-state index is 12.9. The third-order valence-electron chi connectivity index (χ3n) is 4.79. The van der Waals surface area contributed by atoms with Gasteiger partial charge in [0.1, 0.15) is 0 Å². The van der Waals surface area contributed by atoms with Gasteiger partial charge >= 0.3 is 6.18 Å². The lowest BCUT2D eigenvalue weighted by Gasteiger charge is -2.32. The highest BCUT2D eigenvalue weighted by molar-refractivity contribution is 5.99. The van der Waals surface area contributed by atoms with E-state index in [1.54, 1.807) is 30.2 Å². The van der Waals surface area contributed by atoms with Gasteiger partial charge in [0, 0.05) is 36.5 Å². The Morgan fingerprint density at radius 2 is 1.96 bits per heavy atom. The number of carbonyl (C=O) groups excluding carboxylic acids is 2. The Morgan fingerprint density at radius 1 is 1.19 bits per heavy atom. The van der Waals surface area contributed by atoms with Crippen LogP contribution in [0.4, 0.5) is 13.2 Å². The Hall–Kier alpha value is -2.70. The van der Waals surface area contributed by atoms with Gasteiger partial charge in [-0.25, -0.2) is 0 Å². The van der Waals surface area contributed by atoms with Gasteiger partial charge in [0.15, 0.2) is 5.78 Å². The molecule has 0 unspecified atom stereocenters. The number of aryl methyl sites for hydroxylation is 1. The molecule has 3 rings (SSSR count). The number of halogens is 3. The van der Waals surface area contributed by atoms with Crippen LogP contribution in [0.1, 0.15) is 44.8 Å². The first-order valence-corrected chi connectivity index (χ1v) is 8.69. The fraction of sp³-hybridized carbons (Fsp3) is 0.350. The number of likely N-dealkylation sites (tertiary alicyclic amines) is 1. The molecule has 0 saturated carbocycles. The average molecular weight is 376 g/mol. The number of ketones is 1. The van der Waals surface area contributed by atoms with Crippen molar-refractivity contribution in [2.45, 2.75) is 25.9 Å². The van der Waals surface area contributed by atoms with Crippen molar-refractivity contribution in [2.75, 3.05) is 13.1 Å². The predicted octanol–water partition coefficient (Wildman–Crippen LogP) is 4.14.